The van der Waals surface area contributed by atoms with Gasteiger partial charge >= 0.3 is 5.97 Å². The highest BCUT2D eigenvalue weighted by atomic mass is 35.5. The van der Waals surface area contributed by atoms with Gasteiger partial charge in [-0.05, 0) is 55.2 Å². The van der Waals surface area contributed by atoms with Crippen LogP contribution < -0.4 is 4.74 Å². The summed E-state index contributed by atoms with van der Waals surface area (Å²) in [5.74, 6) is -0.383. The molecule has 0 unspecified atom stereocenters. The molecule has 0 saturated carbocycles. The van der Waals surface area contributed by atoms with Crippen LogP contribution in [0.15, 0.2) is 42.5 Å². The summed E-state index contributed by atoms with van der Waals surface area (Å²) >= 11 is 6.22. The smallest absolute Gasteiger partial charge is 0.336 e. The molecule has 0 bridgehead atoms. The molecule has 0 spiro atoms. The second kappa shape index (κ2) is 8.02. The van der Waals surface area contributed by atoms with E-state index in [1.54, 1.807) is 24.3 Å². The van der Waals surface area contributed by atoms with E-state index in [4.69, 9.17) is 16.3 Å². The molecule has 3 nitrogen and oxygen atoms in total. The predicted octanol–water partition coefficient (Wildman–Crippen LogP) is 5.31. The number of halogens is 1. The Morgan fingerprint density at radius 2 is 1.88 bits per heavy atom. The fraction of sp³-hybridized carbons (Fsp3) is 0.250. The number of ether oxygens (including phenoxy) is 1. The molecular formula is C20H21ClO3. The molecule has 0 aliphatic heterocycles. The van der Waals surface area contributed by atoms with E-state index in [1.165, 1.54) is 5.56 Å². The first-order valence-corrected chi connectivity index (χ1v) is 8.29. The first kappa shape index (κ1) is 18.1. The van der Waals surface area contributed by atoms with Gasteiger partial charge in [-0.15, -0.1) is 0 Å². The van der Waals surface area contributed by atoms with E-state index in [9.17, 15) is 9.90 Å². The van der Waals surface area contributed by atoms with Gasteiger partial charge in [0.15, 0.2) is 0 Å². The van der Waals surface area contributed by atoms with Gasteiger partial charge in [-0.1, -0.05) is 48.9 Å². The molecule has 0 aromatic heterocycles. The summed E-state index contributed by atoms with van der Waals surface area (Å²) in [6, 6.07) is 12.8. The maximum Gasteiger partial charge on any atom is 0.336 e. The van der Waals surface area contributed by atoms with Crippen molar-refractivity contribution in [1.29, 1.82) is 0 Å². The van der Waals surface area contributed by atoms with Crippen molar-refractivity contribution in [1.82, 2.24) is 0 Å². The summed E-state index contributed by atoms with van der Waals surface area (Å²) in [6.07, 6.45) is 2.56. The molecule has 2 aromatic carbocycles. The summed E-state index contributed by atoms with van der Waals surface area (Å²) in [4.78, 5) is 11.6. The van der Waals surface area contributed by atoms with Gasteiger partial charge in [0.1, 0.15) is 5.75 Å². The average molecular weight is 345 g/mol. The molecular weight excluding hydrogens is 324 g/mol. The molecule has 126 valence electrons. The molecule has 0 radical (unpaired) electrons. The molecule has 0 amide bonds. The zero-order valence-electron chi connectivity index (χ0n) is 14.0. The summed E-state index contributed by atoms with van der Waals surface area (Å²) in [5.41, 5.74) is 2.78. The van der Waals surface area contributed by atoms with Crippen LogP contribution in [0.1, 0.15) is 37.5 Å². The van der Waals surface area contributed by atoms with Crippen molar-refractivity contribution in [3.05, 3.63) is 64.2 Å². The lowest BCUT2D eigenvalue weighted by Gasteiger charge is -2.12. The van der Waals surface area contributed by atoms with E-state index in [1.807, 2.05) is 38.1 Å². The van der Waals surface area contributed by atoms with E-state index in [-0.39, 0.29) is 11.7 Å². The van der Waals surface area contributed by atoms with Gasteiger partial charge in [0.05, 0.1) is 16.7 Å². The van der Waals surface area contributed by atoms with Crippen molar-refractivity contribution in [2.24, 2.45) is 0 Å². The normalized spacial score (nSPS) is 11.6. The number of carboxylic acid groups (broad SMARTS) is 1. The van der Waals surface area contributed by atoms with Gasteiger partial charge < -0.3 is 9.84 Å². The van der Waals surface area contributed by atoms with Crippen molar-refractivity contribution in [2.75, 3.05) is 0 Å². The molecule has 1 N–H and O–H groups in total. The van der Waals surface area contributed by atoms with Crippen molar-refractivity contribution < 1.29 is 14.6 Å². The highest BCUT2D eigenvalue weighted by Crippen LogP contribution is 2.28. The van der Waals surface area contributed by atoms with Gasteiger partial charge in [-0.2, -0.15) is 0 Å². The largest absolute Gasteiger partial charge is 0.489 e. The molecule has 2 rings (SSSR count). The van der Waals surface area contributed by atoms with Crippen molar-refractivity contribution in [3.63, 3.8) is 0 Å². The van der Waals surface area contributed by atoms with E-state index in [0.717, 1.165) is 6.42 Å². The standard InChI is InChI=1S/C20H21ClO3/c1-4-14-5-8-16(9-6-14)17(20(22)23)11-15-7-10-19(18(21)12-15)24-13(2)3/h5-13H,4H2,1-3H3,(H,22,23)/b17-11-. The minimum Gasteiger partial charge on any atom is -0.489 e. The number of aryl methyl sites for hydroxylation is 1. The number of hydrogen-bond acceptors (Lipinski definition) is 2. The van der Waals surface area contributed by atoms with Crippen LogP contribution in [0.4, 0.5) is 0 Å². The first-order chi connectivity index (χ1) is 11.4. The fourth-order valence-corrected chi connectivity index (χ4v) is 2.55. The molecule has 0 saturated heterocycles. The molecule has 4 heteroatoms. The van der Waals surface area contributed by atoms with Crippen LogP contribution in [0.3, 0.4) is 0 Å². The van der Waals surface area contributed by atoms with E-state index in [0.29, 0.717) is 21.9 Å². The summed E-state index contributed by atoms with van der Waals surface area (Å²) in [6.45, 7) is 5.91. The van der Waals surface area contributed by atoms with Crippen LogP contribution in [-0.2, 0) is 11.2 Å². The van der Waals surface area contributed by atoms with Crippen LogP contribution in [0.25, 0.3) is 11.6 Å². The zero-order chi connectivity index (χ0) is 17.7. The van der Waals surface area contributed by atoms with Crippen molar-refractivity contribution in [3.8, 4) is 5.75 Å². The summed E-state index contributed by atoms with van der Waals surface area (Å²) in [5, 5.41) is 9.99. The molecule has 24 heavy (non-hydrogen) atoms. The lowest BCUT2D eigenvalue weighted by atomic mass is 10.0. The molecule has 0 heterocycles. The van der Waals surface area contributed by atoms with Crippen molar-refractivity contribution >= 4 is 29.2 Å². The fourth-order valence-electron chi connectivity index (χ4n) is 2.31. The van der Waals surface area contributed by atoms with Gasteiger partial charge in [-0.25, -0.2) is 4.79 Å². The predicted molar refractivity (Wildman–Crippen MR) is 98.5 cm³/mol. The SMILES string of the molecule is CCc1ccc(/C(=C/c2ccc(OC(C)C)c(Cl)c2)C(=O)O)cc1. The lowest BCUT2D eigenvalue weighted by Crippen LogP contribution is -2.05. The number of rotatable bonds is 6. The Morgan fingerprint density at radius 3 is 2.38 bits per heavy atom. The van der Waals surface area contributed by atoms with Crippen molar-refractivity contribution in [2.45, 2.75) is 33.3 Å². The topological polar surface area (TPSA) is 46.5 Å². The Morgan fingerprint density at radius 1 is 1.21 bits per heavy atom. The van der Waals surface area contributed by atoms with Gasteiger partial charge in [0.25, 0.3) is 0 Å². The third-order valence-electron chi connectivity index (χ3n) is 3.53. The van der Waals surface area contributed by atoms with E-state index in [2.05, 4.69) is 6.92 Å². The molecule has 0 aliphatic carbocycles. The zero-order valence-corrected chi connectivity index (χ0v) is 14.8. The quantitative estimate of drug-likeness (QED) is 0.570. The lowest BCUT2D eigenvalue weighted by molar-refractivity contribution is -0.130. The van der Waals surface area contributed by atoms with Crippen LogP contribution >= 0.6 is 11.6 Å². The second-order valence-electron chi connectivity index (χ2n) is 5.77. The number of carboxylic acids is 1. The van der Waals surface area contributed by atoms with Gasteiger partial charge in [0, 0.05) is 0 Å². The minimum atomic E-state index is -0.974. The molecule has 0 fully saturated rings. The number of carbonyl (C=O) groups is 1. The molecule has 0 atom stereocenters. The Labute approximate surface area is 147 Å². The number of hydrogen-bond donors (Lipinski definition) is 1. The maximum atomic E-state index is 11.6. The third-order valence-corrected chi connectivity index (χ3v) is 3.83. The highest BCUT2D eigenvalue weighted by Gasteiger charge is 2.11. The number of aliphatic carboxylic acids is 1. The van der Waals surface area contributed by atoms with Gasteiger partial charge in [-0.3, -0.25) is 0 Å². The van der Waals surface area contributed by atoms with Gasteiger partial charge in [0.2, 0.25) is 0 Å². The molecule has 2 aromatic rings. The second-order valence-corrected chi connectivity index (χ2v) is 6.18. The highest BCUT2D eigenvalue weighted by molar-refractivity contribution is 6.32. The Balaban J connectivity index is 2.36. The summed E-state index contributed by atoms with van der Waals surface area (Å²) in [7, 11) is 0. The van der Waals surface area contributed by atoms with Crippen LogP contribution in [0, 0.1) is 0 Å². The minimum absolute atomic E-state index is 0.0237. The number of benzene rings is 2. The molecule has 0 aliphatic rings. The van der Waals surface area contributed by atoms with E-state index < -0.39 is 5.97 Å². The Kier molecular flexibility index (Phi) is 6.04. The average Bonchev–Trinajstić information content (AvgIpc) is 2.54. The first-order valence-electron chi connectivity index (χ1n) is 7.91. The Hall–Kier alpha value is -2.26. The third kappa shape index (κ3) is 4.62. The van der Waals surface area contributed by atoms with Crippen LogP contribution in [-0.4, -0.2) is 17.2 Å². The van der Waals surface area contributed by atoms with Crippen LogP contribution in [0.2, 0.25) is 5.02 Å². The van der Waals surface area contributed by atoms with E-state index >= 15 is 0 Å². The summed E-state index contributed by atoms with van der Waals surface area (Å²) < 4.78 is 5.59. The maximum absolute atomic E-state index is 11.6. The van der Waals surface area contributed by atoms with Crippen LogP contribution in [0.5, 0.6) is 5.75 Å². The Bertz CT molecular complexity index is 746. The monoisotopic (exact) mass is 344 g/mol.